The van der Waals surface area contributed by atoms with Crippen molar-refractivity contribution in [2.75, 3.05) is 6.54 Å². The summed E-state index contributed by atoms with van der Waals surface area (Å²) in [6.45, 7) is 12.0. The summed E-state index contributed by atoms with van der Waals surface area (Å²) in [5.41, 5.74) is 0.503. The van der Waals surface area contributed by atoms with Gasteiger partial charge < -0.3 is 20.3 Å². The standard InChI is InChI=1S/C30H45N3O4/c1-8-10-13-19-31-27(34)26(24-18-12-11-15-22(24)9-2)33(23-16-14-17-23)28(35)25(20-21(3)4)32-29(36)37-30(5,6)7/h2,11-12,15,18,21,23,25-26H,8,10,13-14,16-17,19-20H2,1,3-7H3,(H,31,34)(H,32,36). The van der Waals surface area contributed by atoms with Gasteiger partial charge in [0.15, 0.2) is 0 Å². The summed E-state index contributed by atoms with van der Waals surface area (Å²) in [7, 11) is 0. The molecular weight excluding hydrogens is 466 g/mol. The van der Waals surface area contributed by atoms with Gasteiger partial charge in [-0.1, -0.05) is 57.7 Å². The van der Waals surface area contributed by atoms with Crippen molar-refractivity contribution in [3.05, 3.63) is 35.4 Å². The number of hydrogen-bond donors (Lipinski definition) is 2. The van der Waals surface area contributed by atoms with Crippen molar-refractivity contribution in [2.45, 2.75) is 110 Å². The molecule has 0 bridgehead atoms. The molecule has 0 aliphatic heterocycles. The summed E-state index contributed by atoms with van der Waals surface area (Å²) in [6, 6.07) is 5.45. The highest BCUT2D eigenvalue weighted by atomic mass is 16.6. The minimum Gasteiger partial charge on any atom is -0.444 e. The molecule has 1 aromatic rings. The first-order valence-corrected chi connectivity index (χ1v) is 13.6. The van der Waals surface area contributed by atoms with E-state index < -0.39 is 23.8 Å². The molecule has 2 rings (SSSR count). The Hall–Kier alpha value is -3.01. The zero-order chi connectivity index (χ0) is 27.6. The predicted molar refractivity (Wildman–Crippen MR) is 147 cm³/mol. The topological polar surface area (TPSA) is 87.7 Å². The van der Waals surface area contributed by atoms with Crippen molar-refractivity contribution >= 4 is 17.9 Å². The van der Waals surface area contributed by atoms with E-state index in [1.165, 1.54) is 0 Å². The van der Waals surface area contributed by atoms with Crippen molar-refractivity contribution in [1.82, 2.24) is 15.5 Å². The van der Waals surface area contributed by atoms with Crippen molar-refractivity contribution in [2.24, 2.45) is 5.92 Å². The molecule has 0 spiro atoms. The number of amides is 3. The van der Waals surface area contributed by atoms with Crippen molar-refractivity contribution in [3.63, 3.8) is 0 Å². The summed E-state index contributed by atoms with van der Waals surface area (Å²) in [5, 5.41) is 5.84. The van der Waals surface area contributed by atoms with Gasteiger partial charge in [0.25, 0.3) is 0 Å². The first-order valence-electron chi connectivity index (χ1n) is 13.6. The molecule has 2 unspecified atom stereocenters. The number of carbonyl (C=O) groups is 3. The van der Waals surface area contributed by atoms with Gasteiger partial charge in [-0.3, -0.25) is 9.59 Å². The van der Waals surface area contributed by atoms with Gasteiger partial charge >= 0.3 is 6.09 Å². The number of rotatable bonds is 12. The van der Waals surface area contributed by atoms with Crippen LogP contribution in [0.3, 0.4) is 0 Å². The van der Waals surface area contributed by atoms with Crippen molar-refractivity contribution in [3.8, 4) is 12.3 Å². The first-order chi connectivity index (χ1) is 17.5. The van der Waals surface area contributed by atoms with Gasteiger partial charge in [0, 0.05) is 18.2 Å². The number of hydrogen-bond acceptors (Lipinski definition) is 4. The molecule has 2 atom stereocenters. The van der Waals surface area contributed by atoms with Gasteiger partial charge in [-0.2, -0.15) is 0 Å². The molecule has 0 radical (unpaired) electrons. The summed E-state index contributed by atoms with van der Waals surface area (Å²) < 4.78 is 5.46. The molecule has 0 saturated heterocycles. The second kappa shape index (κ2) is 14.1. The number of unbranched alkanes of at least 4 members (excludes halogenated alkanes) is 2. The highest BCUT2D eigenvalue weighted by molar-refractivity contribution is 5.92. The van der Waals surface area contributed by atoms with Gasteiger partial charge in [0.05, 0.1) is 0 Å². The van der Waals surface area contributed by atoms with Crippen LogP contribution in [0.5, 0.6) is 0 Å². The van der Waals surface area contributed by atoms with Crippen LogP contribution in [0.25, 0.3) is 0 Å². The monoisotopic (exact) mass is 511 g/mol. The SMILES string of the molecule is C#Cc1ccccc1C(C(=O)NCCCCC)N(C(=O)C(CC(C)C)NC(=O)OC(C)(C)C)C1CCC1. The molecule has 1 aromatic carbocycles. The summed E-state index contributed by atoms with van der Waals surface area (Å²) in [5.74, 6) is 2.28. The van der Waals surface area contributed by atoms with E-state index in [1.54, 1.807) is 31.7 Å². The van der Waals surface area contributed by atoms with E-state index in [0.717, 1.165) is 38.5 Å². The molecule has 3 amide bonds. The number of nitrogens with one attached hydrogen (secondary N) is 2. The van der Waals surface area contributed by atoms with Crippen LogP contribution in [0.2, 0.25) is 0 Å². The molecule has 37 heavy (non-hydrogen) atoms. The minimum atomic E-state index is -0.887. The van der Waals surface area contributed by atoms with Gasteiger partial charge in [0.1, 0.15) is 17.7 Å². The zero-order valence-corrected chi connectivity index (χ0v) is 23.4. The number of ether oxygens (including phenoxy) is 1. The molecular formula is C30H45N3O4. The molecule has 1 saturated carbocycles. The molecule has 7 nitrogen and oxygen atoms in total. The average molecular weight is 512 g/mol. The van der Waals surface area contributed by atoms with Crippen LogP contribution >= 0.6 is 0 Å². The summed E-state index contributed by atoms with van der Waals surface area (Å²) in [6.07, 6.45) is 11.1. The largest absolute Gasteiger partial charge is 0.444 e. The highest BCUT2D eigenvalue weighted by Crippen LogP contribution is 2.35. The highest BCUT2D eigenvalue weighted by Gasteiger charge is 2.42. The number of nitrogens with zero attached hydrogens (tertiary/aromatic N) is 1. The summed E-state index contributed by atoms with van der Waals surface area (Å²) in [4.78, 5) is 42.3. The third-order valence-electron chi connectivity index (χ3n) is 6.44. The average Bonchev–Trinajstić information content (AvgIpc) is 2.78. The number of terminal acetylenes is 1. The second-order valence-corrected chi connectivity index (χ2v) is 11.3. The lowest BCUT2D eigenvalue weighted by molar-refractivity contribution is -0.147. The number of alkyl carbamates (subject to hydrolysis) is 1. The maximum Gasteiger partial charge on any atom is 0.408 e. The molecule has 204 valence electrons. The van der Waals surface area contributed by atoms with Crippen LogP contribution in [-0.2, 0) is 14.3 Å². The van der Waals surface area contributed by atoms with E-state index in [2.05, 4.69) is 23.5 Å². The fourth-order valence-corrected chi connectivity index (χ4v) is 4.47. The Kier molecular flexibility index (Phi) is 11.5. The Morgan fingerprint density at radius 1 is 1.16 bits per heavy atom. The molecule has 1 aliphatic rings. The lowest BCUT2D eigenvalue weighted by Gasteiger charge is -2.44. The predicted octanol–water partition coefficient (Wildman–Crippen LogP) is 5.34. The Bertz CT molecular complexity index is 956. The Balaban J connectivity index is 2.49. The van der Waals surface area contributed by atoms with Gasteiger partial charge in [-0.05, 0) is 70.4 Å². The maximum atomic E-state index is 14.2. The van der Waals surface area contributed by atoms with E-state index in [9.17, 15) is 14.4 Å². The third-order valence-corrected chi connectivity index (χ3v) is 6.44. The fourth-order valence-electron chi connectivity index (χ4n) is 4.47. The maximum absolute atomic E-state index is 14.2. The van der Waals surface area contributed by atoms with E-state index >= 15 is 0 Å². The van der Waals surface area contributed by atoms with Crippen LogP contribution in [0.15, 0.2) is 24.3 Å². The Morgan fingerprint density at radius 2 is 1.84 bits per heavy atom. The minimum absolute atomic E-state index is 0.111. The first kappa shape index (κ1) is 30.2. The van der Waals surface area contributed by atoms with Crippen LogP contribution in [0.1, 0.15) is 104 Å². The molecule has 1 aliphatic carbocycles. The normalized spacial score (nSPS) is 15.2. The van der Waals surface area contributed by atoms with Gasteiger partial charge in [-0.25, -0.2) is 4.79 Å². The lowest BCUT2D eigenvalue weighted by Crippen LogP contribution is -2.57. The number of benzene rings is 1. The van der Waals surface area contributed by atoms with Crippen LogP contribution in [0.4, 0.5) is 4.79 Å². The molecule has 0 heterocycles. The smallest absolute Gasteiger partial charge is 0.408 e. The van der Waals surface area contributed by atoms with Crippen LogP contribution < -0.4 is 10.6 Å². The molecule has 1 fully saturated rings. The quantitative estimate of drug-likeness (QED) is 0.293. The van der Waals surface area contributed by atoms with Gasteiger partial charge in [0.2, 0.25) is 11.8 Å². The van der Waals surface area contributed by atoms with E-state index in [1.807, 2.05) is 32.0 Å². The van der Waals surface area contributed by atoms with Crippen LogP contribution in [0, 0.1) is 18.3 Å². The van der Waals surface area contributed by atoms with E-state index in [0.29, 0.717) is 24.1 Å². The van der Waals surface area contributed by atoms with Gasteiger partial charge in [-0.15, -0.1) is 6.42 Å². The van der Waals surface area contributed by atoms with Crippen molar-refractivity contribution < 1.29 is 19.1 Å². The Morgan fingerprint density at radius 3 is 2.38 bits per heavy atom. The van der Waals surface area contributed by atoms with E-state index in [-0.39, 0.29) is 23.8 Å². The molecule has 2 N–H and O–H groups in total. The Labute approximate surface area is 223 Å². The molecule has 0 aromatic heterocycles. The van der Waals surface area contributed by atoms with Crippen LogP contribution in [-0.4, -0.2) is 47.0 Å². The second-order valence-electron chi connectivity index (χ2n) is 11.3. The summed E-state index contributed by atoms with van der Waals surface area (Å²) >= 11 is 0. The molecule has 7 heteroatoms. The lowest BCUT2D eigenvalue weighted by atomic mass is 9.86. The zero-order valence-electron chi connectivity index (χ0n) is 23.4. The van der Waals surface area contributed by atoms with Crippen molar-refractivity contribution in [1.29, 1.82) is 0 Å². The third kappa shape index (κ3) is 9.10. The number of carbonyl (C=O) groups excluding carboxylic acids is 3. The van der Waals surface area contributed by atoms with E-state index in [4.69, 9.17) is 11.2 Å². The fraction of sp³-hybridized carbons (Fsp3) is 0.633.